The van der Waals surface area contributed by atoms with Crippen LogP contribution in [0.2, 0.25) is 5.02 Å². The van der Waals surface area contributed by atoms with E-state index in [0.717, 1.165) is 5.56 Å². The van der Waals surface area contributed by atoms with Crippen molar-refractivity contribution in [2.24, 2.45) is 0 Å². The van der Waals surface area contributed by atoms with Crippen molar-refractivity contribution in [3.63, 3.8) is 0 Å². The van der Waals surface area contributed by atoms with E-state index in [1.54, 1.807) is 25.3 Å². The molecule has 0 aromatic heterocycles. The Bertz CT molecular complexity index is 416. The Kier molecular flexibility index (Phi) is 4.02. The maximum Gasteiger partial charge on any atom is 0.151 e. The third-order valence-corrected chi connectivity index (χ3v) is 3.03. The predicted molar refractivity (Wildman–Crippen MR) is 67.7 cm³/mol. The number of carbonyl (C=O) groups excluding carboxylic acids is 1. The van der Waals surface area contributed by atoms with Gasteiger partial charge in [0.05, 0.1) is 13.7 Å². The molecule has 0 saturated heterocycles. The molecule has 0 bridgehead atoms. The van der Waals surface area contributed by atoms with Gasteiger partial charge in [-0.3, -0.25) is 4.79 Å². The number of Topliss-reactive ketones (excluding diaryl/α,β-unsaturated/α-hetero) is 1. The van der Waals surface area contributed by atoms with E-state index in [-0.39, 0.29) is 5.78 Å². The second kappa shape index (κ2) is 5.52. The van der Waals surface area contributed by atoms with E-state index in [1.807, 2.05) is 0 Å². The van der Waals surface area contributed by atoms with Crippen LogP contribution in [0.3, 0.4) is 0 Å². The highest BCUT2D eigenvalue weighted by Gasteiger charge is 2.21. The molecular weight excluding hydrogens is 238 g/mol. The maximum atomic E-state index is 11.8. The average Bonchev–Trinajstić information content (AvgIpc) is 3.10. The lowest BCUT2D eigenvalue weighted by molar-refractivity contribution is -0.117. The van der Waals surface area contributed by atoms with Gasteiger partial charge >= 0.3 is 0 Å². The monoisotopic (exact) mass is 253 g/mol. The summed E-state index contributed by atoms with van der Waals surface area (Å²) >= 11 is 5.91. The first-order chi connectivity index (χ1) is 8.19. The summed E-state index contributed by atoms with van der Waals surface area (Å²) in [4.78, 5) is 11.8. The van der Waals surface area contributed by atoms with Crippen molar-refractivity contribution in [2.75, 3.05) is 13.7 Å². The second-order valence-electron chi connectivity index (χ2n) is 4.33. The summed E-state index contributed by atoms with van der Waals surface area (Å²) in [6.07, 6.45) is 2.74. The molecule has 1 aliphatic rings. The van der Waals surface area contributed by atoms with E-state index in [9.17, 15) is 4.79 Å². The van der Waals surface area contributed by atoms with E-state index >= 15 is 0 Å². The van der Waals surface area contributed by atoms with Crippen molar-refractivity contribution >= 4 is 17.4 Å². The summed E-state index contributed by atoms with van der Waals surface area (Å²) in [7, 11) is 1.60. The van der Waals surface area contributed by atoms with Crippen molar-refractivity contribution in [3.8, 4) is 5.75 Å². The van der Waals surface area contributed by atoms with Gasteiger partial charge in [-0.05, 0) is 31.0 Å². The molecule has 17 heavy (non-hydrogen) atoms. The number of halogens is 1. The van der Waals surface area contributed by atoms with Crippen LogP contribution in [0.5, 0.6) is 5.75 Å². The molecule has 0 spiro atoms. The van der Waals surface area contributed by atoms with Gasteiger partial charge in [0.1, 0.15) is 5.75 Å². The van der Waals surface area contributed by atoms with Crippen molar-refractivity contribution in [2.45, 2.75) is 25.3 Å². The van der Waals surface area contributed by atoms with E-state index in [4.69, 9.17) is 16.3 Å². The zero-order chi connectivity index (χ0) is 12.3. The highest BCUT2D eigenvalue weighted by atomic mass is 35.5. The largest absolute Gasteiger partial charge is 0.496 e. The molecule has 0 amide bonds. The van der Waals surface area contributed by atoms with E-state index in [1.165, 1.54) is 12.8 Å². The third kappa shape index (κ3) is 3.72. The Labute approximate surface area is 106 Å². The Morgan fingerprint density at radius 1 is 1.53 bits per heavy atom. The van der Waals surface area contributed by atoms with Crippen LogP contribution >= 0.6 is 11.6 Å². The molecule has 1 N–H and O–H groups in total. The number of nitrogens with one attached hydrogen (secondary N) is 1. The summed E-state index contributed by atoms with van der Waals surface area (Å²) in [5, 5.41) is 3.83. The fourth-order valence-corrected chi connectivity index (χ4v) is 1.90. The van der Waals surface area contributed by atoms with Gasteiger partial charge in [-0.1, -0.05) is 11.6 Å². The minimum atomic E-state index is 0.164. The van der Waals surface area contributed by atoms with Crippen LogP contribution in [0.1, 0.15) is 18.4 Å². The topological polar surface area (TPSA) is 38.3 Å². The van der Waals surface area contributed by atoms with Crippen LogP contribution in [-0.2, 0) is 11.2 Å². The summed E-state index contributed by atoms with van der Waals surface area (Å²) in [5.41, 5.74) is 0.850. The Morgan fingerprint density at radius 2 is 2.29 bits per heavy atom. The summed E-state index contributed by atoms with van der Waals surface area (Å²) < 4.78 is 5.21. The van der Waals surface area contributed by atoms with Gasteiger partial charge in [-0.2, -0.15) is 0 Å². The normalized spacial score (nSPS) is 14.7. The zero-order valence-corrected chi connectivity index (χ0v) is 10.6. The van der Waals surface area contributed by atoms with Crippen molar-refractivity contribution in [1.29, 1.82) is 0 Å². The third-order valence-electron chi connectivity index (χ3n) is 2.80. The van der Waals surface area contributed by atoms with Crippen LogP contribution in [0, 0.1) is 0 Å². The van der Waals surface area contributed by atoms with Crippen molar-refractivity contribution in [1.82, 2.24) is 5.32 Å². The Hall–Kier alpha value is -1.06. The van der Waals surface area contributed by atoms with E-state index in [0.29, 0.717) is 29.8 Å². The van der Waals surface area contributed by atoms with Gasteiger partial charge in [-0.25, -0.2) is 0 Å². The molecule has 0 unspecified atom stereocenters. The van der Waals surface area contributed by atoms with Crippen molar-refractivity contribution in [3.05, 3.63) is 28.8 Å². The van der Waals surface area contributed by atoms with Crippen molar-refractivity contribution < 1.29 is 9.53 Å². The molecular formula is C13H16ClNO2. The molecule has 1 aliphatic carbocycles. The molecule has 0 radical (unpaired) electrons. The molecule has 3 nitrogen and oxygen atoms in total. The molecule has 4 heteroatoms. The number of carbonyl (C=O) groups is 1. The fourth-order valence-electron chi connectivity index (χ4n) is 1.71. The molecule has 2 rings (SSSR count). The van der Waals surface area contributed by atoms with Crippen LogP contribution in [0.15, 0.2) is 18.2 Å². The van der Waals surface area contributed by atoms with E-state index < -0.39 is 0 Å². The molecule has 92 valence electrons. The molecule has 0 heterocycles. The van der Waals surface area contributed by atoms with Gasteiger partial charge in [0.2, 0.25) is 0 Å². The molecule has 1 aromatic carbocycles. The number of benzene rings is 1. The number of rotatable bonds is 6. The quantitative estimate of drug-likeness (QED) is 0.845. The highest BCUT2D eigenvalue weighted by molar-refractivity contribution is 6.30. The summed E-state index contributed by atoms with van der Waals surface area (Å²) in [6.45, 7) is 0.431. The summed E-state index contributed by atoms with van der Waals surface area (Å²) in [5.74, 6) is 0.881. The lowest BCUT2D eigenvalue weighted by Gasteiger charge is -2.08. The molecule has 1 aromatic rings. The molecule has 0 atom stereocenters. The summed E-state index contributed by atoms with van der Waals surface area (Å²) in [6, 6.07) is 5.89. The minimum Gasteiger partial charge on any atom is -0.496 e. The van der Waals surface area contributed by atoms with Gasteiger partial charge in [0.25, 0.3) is 0 Å². The van der Waals surface area contributed by atoms with Crippen LogP contribution in [0.4, 0.5) is 0 Å². The number of ether oxygens (including phenoxy) is 1. The molecule has 0 aliphatic heterocycles. The Balaban J connectivity index is 1.95. The zero-order valence-electron chi connectivity index (χ0n) is 9.83. The van der Waals surface area contributed by atoms with Crippen LogP contribution < -0.4 is 10.1 Å². The van der Waals surface area contributed by atoms with Gasteiger partial charge in [0, 0.05) is 23.0 Å². The number of methoxy groups -OCH3 is 1. The first-order valence-corrected chi connectivity index (χ1v) is 6.14. The number of hydrogen-bond donors (Lipinski definition) is 1. The second-order valence-corrected chi connectivity index (χ2v) is 4.76. The number of hydrogen-bond acceptors (Lipinski definition) is 3. The first kappa shape index (κ1) is 12.4. The standard InChI is InChI=1S/C13H16ClNO2/c1-17-13-5-2-10(14)6-9(13)7-12(16)8-15-11-3-4-11/h2,5-6,11,15H,3-4,7-8H2,1H3. The molecule has 1 fully saturated rings. The van der Waals surface area contributed by atoms with Crippen LogP contribution in [-0.4, -0.2) is 25.5 Å². The average molecular weight is 254 g/mol. The van der Waals surface area contributed by atoms with E-state index in [2.05, 4.69) is 5.32 Å². The SMILES string of the molecule is COc1ccc(Cl)cc1CC(=O)CNC1CC1. The lowest BCUT2D eigenvalue weighted by atomic mass is 10.1. The van der Waals surface area contributed by atoms with Crippen LogP contribution in [0.25, 0.3) is 0 Å². The Morgan fingerprint density at radius 3 is 2.94 bits per heavy atom. The van der Waals surface area contributed by atoms with Gasteiger partial charge in [0.15, 0.2) is 5.78 Å². The highest BCUT2D eigenvalue weighted by Crippen LogP contribution is 2.23. The van der Waals surface area contributed by atoms with Gasteiger partial charge in [-0.15, -0.1) is 0 Å². The first-order valence-electron chi connectivity index (χ1n) is 5.76. The van der Waals surface area contributed by atoms with Gasteiger partial charge < -0.3 is 10.1 Å². The fraction of sp³-hybridized carbons (Fsp3) is 0.462. The number of ketones is 1. The lowest BCUT2D eigenvalue weighted by Crippen LogP contribution is -2.26. The maximum absolute atomic E-state index is 11.8. The molecule has 1 saturated carbocycles. The smallest absolute Gasteiger partial charge is 0.151 e. The predicted octanol–water partition coefficient (Wildman–Crippen LogP) is 2.21. The minimum absolute atomic E-state index is 0.164.